The Morgan fingerprint density at radius 1 is 0.927 bits per heavy atom. The molecule has 0 fully saturated rings. The second kappa shape index (κ2) is 11.1. The molecule has 1 N–H and O–H groups in total. The van der Waals surface area contributed by atoms with Gasteiger partial charge in [0.2, 0.25) is 5.95 Å². The molecule has 0 saturated carbocycles. The summed E-state index contributed by atoms with van der Waals surface area (Å²) in [7, 11) is 0.480. The summed E-state index contributed by atoms with van der Waals surface area (Å²) < 4.78 is 50.1. The molecule has 0 unspecified atom stereocenters. The molecule has 3 aromatic carbocycles. The molecule has 0 spiro atoms. The van der Waals surface area contributed by atoms with Crippen LogP contribution in [0.1, 0.15) is 36.5 Å². The largest absolute Gasteiger partial charge is 0.497 e. The van der Waals surface area contributed by atoms with E-state index in [-0.39, 0.29) is 16.8 Å². The van der Waals surface area contributed by atoms with Crippen LogP contribution in [0.4, 0.5) is 5.95 Å². The van der Waals surface area contributed by atoms with Crippen molar-refractivity contribution in [3.05, 3.63) is 71.3 Å². The molecular weight excluding hydrogens is 546 g/mol. The van der Waals surface area contributed by atoms with Gasteiger partial charge in [0.1, 0.15) is 27.7 Å². The first-order valence-corrected chi connectivity index (χ1v) is 14.3. The molecule has 0 aliphatic rings. The van der Waals surface area contributed by atoms with Gasteiger partial charge in [0.25, 0.3) is 0 Å². The van der Waals surface area contributed by atoms with E-state index >= 15 is 0 Å². The second-order valence-electron chi connectivity index (χ2n) is 9.69. The molecule has 0 saturated heterocycles. The highest BCUT2D eigenvalue weighted by Gasteiger charge is 2.26. The number of anilines is 1. The average molecular weight is 578 g/mol. The molecule has 0 radical (unpaired) electrons. The van der Waals surface area contributed by atoms with Crippen molar-refractivity contribution >= 4 is 32.6 Å². The summed E-state index contributed by atoms with van der Waals surface area (Å²) in [5.74, 6) is 2.07. The van der Waals surface area contributed by atoms with Crippen molar-refractivity contribution in [2.45, 2.75) is 38.1 Å². The van der Waals surface area contributed by atoms with E-state index in [1.807, 2.05) is 39.0 Å². The van der Waals surface area contributed by atoms with Crippen molar-refractivity contribution in [3.8, 4) is 23.3 Å². The lowest BCUT2D eigenvalue weighted by Crippen LogP contribution is -2.14. The van der Waals surface area contributed by atoms with Crippen molar-refractivity contribution in [1.82, 2.24) is 19.6 Å². The fraction of sp³-hybridized carbons (Fsp3) is 0.276. The summed E-state index contributed by atoms with van der Waals surface area (Å²) in [5, 5.41) is 8.26. The molecule has 5 aromatic rings. The molecule has 214 valence electrons. The topological polar surface area (TPSA) is 126 Å². The Morgan fingerprint density at radius 2 is 1.71 bits per heavy atom. The normalized spacial score (nSPS) is 11.7. The molecule has 12 heteroatoms. The number of nitrogens with zero attached hydrogens (tertiary/aromatic N) is 4. The van der Waals surface area contributed by atoms with Gasteiger partial charge in [-0.2, -0.15) is 17.9 Å². The van der Waals surface area contributed by atoms with Crippen LogP contribution in [0.3, 0.4) is 0 Å². The summed E-state index contributed by atoms with van der Waals surface area (Å²) in [6, 6.07) is 15.7. The van der Waals surface area contributed by atoms with Gasteiger partial charge >= 0.3 is 16.1 Å². The monoisotopic (exact) mass is 577 g/mol. The number of fused-ring (bicyclic) bond motifs is 3. The van der Waals surface area contributed by atoms with Gasteiger partial charge in [-0.1, -0.05) is 37.6 Å². The van der Waals surface area contributed by atoms with Gasteiger partial charge in [-0.3, -0.25) is 0 Å². The zero-order chi connectivity index (χ0) is 29.3. The van der Waals surface area contributed by atoms with Gasteiger partial charge in [0, 0.05) is 23.6 Å². The Kier molecular flexibility index (Phi) is 7.59. The summed E-state index contributed by atoms with van der Waals surface area (Å²) >= 11 is 0. The molecule has 0 aliphatic heterocycles. The third-order valence-electron chi connectivity index (χ3n) is 6.64. The van der Waals surface area contributed by atoms with Gasteiger partial charge in [0.05, 0.1) is 21.3 Å². The minimum atomic E-state index is -4.24. The van der Waals surface area contributed by atoms with Crippen LogP contribution in [0, 0.1) is 6.92 Å². The number of para-hydroxylation sites is 1. The Labute approximate surface area is 238 Å². The molecule has 2 aromatic heterocycles. The molecular formula is C29H31N5O6S. The van der Waals surface area contributed by atoms with E-state index < -0.39 is 10.1 Å². The first-order chi connectivity index (χ1) is 19.6. The number of ether oxygens (including phenoxy) is 3. The first-order valence-electron chi connectivity index (χ1n) is 12.9. The van der Waals surface area contributed by atoms with Crippen molar-refractivity contribution in [3.63, 3.8) is 0 Å². The highest BCUT2D eigenvalue weighted by atomic mass is 32.2. The average Bonchev–Trinajstić information content (AvgIpc) is 3.38. The molecule has 5 rings (SSSR count). The third-order valence-corrected chi connectivity index (χ3v) is 7.92. The number of nitrogens with one attached hydrogen (secondary N) is 1. The van der Waals surface area contributed by atoms with Crippen LogP contribution < -0.4 is 23.7 Å². The zero-order valence-corrected chi connectivity index (χ0v) is 24.4. The fourth-order valence-electron chi connectivity index (χ4n) is 4.56. The SMILES string of the molecule is COc1ccc(CNc2nc3c(OC)cccc3c3nc(OS(=O)(=O)c4ccc(C)cc4C(C)C)nn23)c(OC)c1. The lowest BCUT2D eigenvalue weighted by atomic mass is 10.0. The molecule has 2 heterocycles. The Hall–Kier alpha value is -4.58. The van der Waals surface area contributed by atoms with E-state index in [1.165, 1.54) is 4.52 Å². The standard InChI is InChI=1S/C29H31N5O6S/c1-17(2)22-14-18(3)10-13-25(22)41(35,36)40-29-32-27-21-8-7-9-23(38-5)26(21)31-28(34(27)33-29)30-16-19-11-12-20(37-4)15-24(19)39-6/h7-15,17H,16H2,1-6H3,(H,30,31). The van der Waals surface area contributed by atoms with Gasteiger partial charge < -0.3 is 23.7 Å². The van der Waals surface area contributed by atoms with Crippen LogP contribution in [-0.2, 0) is 16.7 Å². The van der Waals surface area contributed by atoms with Crippen LogP contribution in [0.25, 0.3) is 16.6 Å². The highest BCUT2D eigenvalue weighted by Crippen LogP contribution is 2.32. The minimum absolute atomic E-state index is 0.0383. The van der Waals surface area contributed by atoms with Crippen LogP contribution >= 0.6 is 0 Å². The molecule has 0 amide bonds. The van der Waals surface area contributed by atoms with Crippen molar-refractivity contribution in [2.75, 3.05) is 26.6 Å². The predicted molar refractivity (Wildman–Crippen MR) is 155 cm³/mol. The summed E-state index contributed by atoms with van der Waals surface area (Å²) in [5.41, 5.74) is 3.31. The van der Waals surface area contributed by atoms with Crippen molar-refractivity contribution in [2.24, 2.45) is 0 Å². The number of benzene rings is 3. The smallest absolute Gasteiger partial charge is 0.352 e. The maximum atomic E-state index is 13.4. The molecule has 11 nitrogen and oxygen atoms in total. The van der Waals surface area contributed by atoms with E-state index in [4.69, 9.17) is 23.4 Å². The minimum Gasteiger partial charge on any atom is -0.497 e. The Balaban J connectivity index is 1.59. The lowest BCUT2D eigenvalue weighted by Gasteiger charge is -2.13. The highest BCUT2D eigenvalue weighted by molar-refractivity contribution is 7.87. The fourth-order valence-corrected chi connectivity index (χ4v) is 5.74. The van der Waals surface area contributed by atoms with Gasteiger partial charge in [-0.05, 0) is 48.7 Å². The maximum Gasteiger partial charge on any atom is 0.352 e. The number of rotatable bonds is 10. The van der Waals surface area contributed by atoms with Gasteiger partial charge in [-0.15, -0.1) is 5.10 Å². The van der Waals surface area contributed by atoms with E-state index in [9.17, 15) is 8.42 Å². The Morgan fingerprint density at radius 3 is 2.41 bits per heavy atom. The lowest BCUT2D eigenvalue weighted by molar-refractivity contribution is 0.391. The zero-order valence-electron chi connectivity index (χ0n) is 23.6. The van der Waals surface area contributed by atoms with E-state index in [2.05, 4.69) is 15.4 Å². The van der Waals surface area contributed by atoms with E-state index in [0.29, 0.717) is 51.9 Å². The summed E-state index contributed by atoms with van der Waals surface area (Å²) in [6.07, 6.45) is 0. The quantitative estimate of drug-likeness (QED) is 0.224. The number of aryl methyl sites for hydroxylation is 1. The molecule has 41 heavy (non-hydrogen) atoms. The Bertz CT molecular complexity index is 1850. The van der Waals surface area contributed by atoms with Crippen LogP contribution in [-0.4, -0.2) is 49.3 Å². The van der Waals surface area contributed by atoms with Crippen LogP contribution in [0.5, 0.6) is 23.3 Å². The molecule has 0 bridgehead atoms. The van der Waals surface area contributed by atoms with Gasteiger partial charge in [-0.25, -0.2) is 4.98 Å². The number of methoxy groups -OCH3 is 3. The summed E-state index contributed by atoms with van der Waals surface area (Å²) in [4.78, 5) is 9.29. The number of hydrogen-bond donors (Lipinski definition) is 1. The third kappa shape index (κ3) is 5.42. The van der Waals surface area contributed by atoms with E-state index in [1.54, 1.807) is 57.7 Å². The second-order valence-corrected chi connectivity index (χ2v) is 11.2. The maximum absolute atomic E-state index is 13.4. The number of aromatic nitrogens is 4. The van der Waals surface area contributed by atoms with Crippen molar-refractivity contribution < 1.29 is 26.8 Å². The first kappa shape index (κ1) is 28.0. The van der Waals surface area contributed by atoms with Crippen LogP contribution in [0.2, 0.25) is 0 Å². The summed E-state index contributed by atoms with van der Waals surface area (Å²) in [6.45, 7) is 6.08. The van der Waals surface area contributed by atoms with Gasteiger partial charge in [0.15, 0.2) is 5.65 Å². The number of hydrogen-bond acceptors (Lipinski definition) is 10. The molecule has 0 aliphatic carbocycles. The molecule has 0 atom stereocenters. The van der Waals surface area contributed by atoms with E-state index in [0.717, 1.165) is 11.1 Å². The predicted octanol–water partition coefficient (Wildman–Crippen LogP) is 5.11. The van der Waals surface area contributed by atoms with Crippen molar-refractivity contribution in [1.29, 1.82) is 0 Å². The van der Waals surface area contributed by atoms with Crippen LogP contribution in [0.15, 0.2) is 59.5 Å².